The molecule has 0 bridgehead atoms. The van der Waals surface area contributed by atoms with Crippen molar-refractivity contribution in [2.24, 2.45) is 0 Å². The van der Waals surface area contributed by atoms with Crippen molar-refractivity contribution in [3.63, 3.8) is 0 Å². The lowest BCUT2D eigenvalue weighted by Crippen LogP contribution is -2.23. The van der Waals surface area contributed by atoms with Gasteiger partial charge in [0, 0.05) is 23.2 Å². The minimum atomic E-state index is -2.70. The molecule has 0 aliphatic heterocycles. The van der Waals surface area contributed by atoms with Crippen LogP contribution in [-0.2, 0) is 6.54 Å². The smallest absolute Gasteiger partial charge is 0.407 e. The molecule has 0 aliphatic rings. The van der Waals surface area contributed by atoms with Crippen LogP contribution in [0, 0.1) is 0 Å². The molecule has 14 heavy (non-hydrogen) atoms. The van der Waals surface area contributed by atoms with Crippen molar-refractivity contribution in [2.75, 3.05) is 6.98 Å². The van der Waals surface area contributed by atoms with E-state index in [9.17, 15) is 9.59 Å². The van der Waals surface area contributed by atoms with Gasteiger partial charge in [-0.15, -0.1) is 0 Å². The van der Waals surface area contributed by atoms with Crippen LogP contribution < -0.4 is 0 Å². The maximum atomic E-state index is 10.8. The van der Waals surface area contributed by atoms with Crippen molar-refractivity contribution < 1.29 is 18.8 Å². The number of hydrogen-bond donors (Lipinski definition) is 1. The average Bonchev–Trinajstić information content (AvgIpc) is 2.24. The third kappa shape index (κ3) is 2.58. The Morgan fingerprint density at radius 3 is 2.64 bits per heavy atom. The normalized spacial score (nSPS) is 13.6. The summed E-state index contributed by atoms with van der Waals surface area (Å²) < 4.78 is 21.2. The molecule has 4 nitrogen and oxygen atoms in total. The van der Waals surface area contributed by atoms with Crippen LogP contribution in [-0.4, -0.2) is 29.4 Å². The molecule has 1 aromatic carbocycles. The minimum Gasteiger partial charge on any atom is -0.465 e. The zero-order valence-electron chi connectivity index (χ0n) is 10.3. The molecule has 0 fully saturated rings. The Labute approximate surface area is 86.0 Å². The molecule has 1 rings (SSSR count). The van der Waals surface area contributed by atoms with Gasteiger partial charge >= 0.3 is 6.09 Å². The first-order valence-corrected chi connectivity index (χ1v) is 3.89. The number of carboxylic acid groups (broad SMARTS) is 1. The summed E-state index contributed by atoms with van der Waals surface area (Å²) in [5.41, 5.74) is 0.957. The molecule has 74 valence electrons. The molecule has 1 amide bonds. The largest absolute Gasteiger partial charge is 0.465 e. The van der Waals surface area contributed by atoms with E-state index in [0.717, 1.165) is 0 Å². The second-order valence-corrected chi connectivity index (χ2v) is 2.73. The highest BCUT2D eigenvalue weighted by atomic mass is 16.4. The monoisotopic (exact) mass is 196 g/mol. The predicted octanol–water partition coefficient (Wildman–Crippen LogP) is 1.61. The number of benzene rings is 1. The maximum absolute atomic E-state index is 10.8. The molecule has 0 unspecified atom stereocenters. The fraction of sp³-hybridized carbons (Fsp3) is 0.200. The molecule has 0 atom stereocenters. The number of amides is 1. The van der Waals surface area contributed by atoms with Crippen LogP contribution in [0.2, 0.25) is 0 Å². The lowest BCUT2D eigenvalue weighted by atomic mass is 10.1. The van der Waals surface area contributed by atoms with Crippen LogP contribution in [0.15, 0.2) is 24.3 Å². The van der Waals surface area contributed by atoms with E-state index in [1.165, 1.54) is 24.3 Å². The van der Waals surface area contributed by atoms with E-state index in [2.05, 4.69) is 0 Å². The van der Waals surface area contributed by atoms with Gasteiger partial charge in [0.05, 0.1) is 0 Å². The highest BCUT2D eigenvalue weighted by molar-refractivity contribution is 5.74. The van der Waals surface area contributed by atoms with E-state index < -0.39 is 13.1 Å². The predicted molar refractivity (Wildman–Crippen MR) is 51.3 cm³/mol. The van der Waals surface area contributed by atoms with E-state index in [1.54, 1.807) is 0 Å². The molecular weight excluding hydrogens is 182 g/mol. The standard InChI is InChI=1S/C10H11NO3/c1-11(10(13)14)6-8-2-4-9(7-12)5-3-8/h2-5,7H,6H2,1H3,(H,13,14)/i1D3. The van der Waals surface area contributed by atoms with Gasteiger partial charge in [0.1, 0.15) is 6.29 Å². The Morgan fingerprint density at radius 2 is 2.21 bits per heavy atom. The van der Waals surface area contributed by atoms with Crippen molar-refractivity contribution in [1.29, 1.82) is 0 Å². The molecule has 1 aromatic rings. The number of aldehydes is 1. The molecule has 0 saturated heterocycles. The van der Waals surface area contributed by atoms with Crippen LogP contribution >= 0.6 is 0 Å². The number of rotatable bonds is 3. The van der Waals surface area contributed by atoms with E-state index in [0.29, 0.717) is 22.3 Å². The second kappa shape index (κ2) is 4.41. The zero-order valence-corrected chi connectivity index (χ0v) is 7.30. The maximum Gasteiger partial charge on any atom is 0.407 e. The van der Waals surface area contributed by atoms with E-state index in [1.807, 2.05) is 0 Å². The molecule has 0 radical (unpaired) electrons. The quantitative estimate of drug-likeness (QED) is 0.747. The van der Waals surface area contributed by atoms with Gasteiger partial charge in [0.2, 0.25) is 0 Å². The van der Waals surface area contributed by atoms with Gasteiger partial charge in [0.15, 0.2) is 0 Å². The van der Waals surface area contributed by atoms with Gasteiger partial charge in [-0.1, -0.05) is 24.3 Å². The van der Waals surface area contributed by atoms with Crippen LogP contribution in [0.5, 0.6) is 0 Å². The third-order valence-corrected chi connectivity index (χ3v) is 1.69. The van der Waals surface area contributed by atoms with Crippen LogP contribution in [0.4, 0.5) is 4.79 Å². The number of carbonyl (C=O) groups excluding carboxylic acids is 1. The first kappa shape index (κ1) is 6.59. The second-order valence-electron chi connectivity index (χ2n) is 2.73. The lowest BCUT2D eigenvalue weighted by Gasteiger charge is -2.12. The molecule has 1 N–H and O–H groups in total. The average molecular weight is 196 g/mol. The summed E-state index contributed by atoms with van der Waals surface area (Å²) in [5, 5.41) is 8.78. The number of carbonyl (C=O) groups is 2. The van der Waals surface area contributed by atoms with Gasteiger partial charge in [-0.05, 0) is 5.56 Å². The van der Waals surface area contributed by atoms with Crippen LogP contribution in [0.3, 0.4) is 0 Å². The molecule has 4 heteroatoms. The third-order valence-electron chi connectivity index (χ3n) is 1.69. The van der Waals surface area contributed by atoms with Gasteiger partial charge in [0.25, 0.3) is 0 Å². The zero-order chi connectivity index (χ0) is 13.1. The summed E-state index contributed by atoms with van der Waals surface area (Å²) in [5.74, 6) is 0. The summed E-state index contributed by atoms with van der Waals surface area (Å²) in [7, 11) is 0. The Balaban J connectivity index is 2.86. The van der Waals surface area contributed by atoms with Gasteiger partial charge in [-0.25, -0.2) is 4.79 Å². The highest BCUT2D eigenvalue weighted by Gasteiger charge is 2.05. The van der Waals surface area contributed by atoms with Gasteiger partial charge in [-0.3, -0.25) is 4.79 Å². The SMILES string of the molecule is [2H]C([2H])([2H])N(Cc1ccc(C=O)cc1)C(=O)O. The molecule has 0 aliphatic carbocycles. The van der Waals surface area contributed by atoms with Crippen molar-refractivity contribution in [2.45, 2.75) is 6.54 Å². The van der Waals surface area contributed by atoms with Crippen molar-refractivity contribution in [1.82, 2.24) is 4.90 Å². The van der Waals surface area contributed by atoms with Crippen molar-refractivity contribution in [3.8, 4) is 0 Å². The Hall–Kier alpha value is -1.84. The fourth-order valence-electron chi connectivity index (χ4n) is 0.952. The molecule has 0 aromatic heterocycles. The van der Waals surface area contributed by atoms with E-state index in [-0.39, 0.29) is 6.54 Å². The van der Waals surface area contributed by atoms with Crippen LogP contribution in [0.1, 0.15) is 20.0 Å². The van der Waals surface area contributed by atoms with E-state index >= 15 is 0 Å². The Bertz CT molecular complexity index is 414. The fourth-order valence-corrected chi connectivity index (χ4v) is 0.952. The lowest BCUT2D eigenvalue weighted by molar-refractivity contribution is 0.112. The summed E-state index contributed by atoms with van der Waals surface area (Å²) in [4.78, 5) is 21.6. The van der Waals surface area contributed by atoms with Crippen molar-refractivity contribution >= 4 is 12.4 Å². The highest BCUT2D eigenvalue weighted by Crippen LogP contribution is 2.05. The Morgan fingerprint density at radius 1 is 1.57 bits per heavy atom. The summed E-state index contributed by atoms with van der Waals surface area (Å²) in [6, 6.07) is 6.04. The molecule has 0 heterocycles. The minimum absolute atomic E-state index is 0.245. The topological polar surface area (TPSA) is 57.6 Å². The van der Waals surface area contributed by atoms with Crippen LogP contribution in [0.25, 0.3) is 0 Å². The van der Waals surface area contributed by atoms with Gasteiger partial charge < -0.3 is 10.0 Å². The van der Waals surface area contributed by atoms with Gasteiger partial charge in [-0.2, -0.15) is 0 Å². The summed E-state index contributed by atoms with van der Waals surface area (Å²) >= 11 is 0. The molecular formula is C10H11NO3. The van der Waals surface area contributed by atoms with E-state index in [4.69, 9.17) is 9.22 Å². The summed E-state index contributed by atoms with van der Waals surface area (Å²) in [6.07, 6.45) is -0.854. The van der Waals surface area contributed by atoms with Crippen molar-refractivity contribution in [3.05, 3.63) is 35.4 Å². The first-order valence-electron chi connectivity index (χ1n) is 5.39. The Kier molecular flexibility index (Phi) is 2.08. The molecule has 0 spiro atoms. The summed E-state index contributed by atoms with van der Waals surface area (Å²) in [6.45, 7) is -2.94. The molecule has 0 saturated carbocycles. The number of nitrogens with zero attached hydrogens (tertiary/aromatic N) is 1. The number of hydrogen-bond acceptors (Lipinski definition) is 2. The first-order chi connectivity index (χ1) is 7.84.